The number of nitrogens with one attached hydrogen (secondary N) is 2. The first-order valence-electron chi connectivity index (χ1n) is 5.88. The minimum atomic E-state index is -0.211. The number of nitrogens with two attached hydrogens (primary N) is 1. The molecule has 7 nitrogen and oxygen atoms in total. The van der Waals surface area contributed by atoms with Gasteiger partial charge in [0, 0.05) is 12.7 Å². The summed E-state index contributed by atoms with van der Waals surface area (Å²) in [7, 11) is 0. The highest BCUT2D eigenvalue weighted by Gasteiger charge is 2.26. The maximum atomic E-state index is 12.0. The van der Waals surface area contributed by atoms with Crippen molar-refractivity contribution in [2.75, 3.05) is 11.9 Å². The van der Waals surface area contributed by atoms with Crippen LogP contribution in [-0.4, -0.2) is 38.8 Å². The van der Waals surface area contributed by atoms with Crippen LogP contribution in [0.2, 0.25) is 0 Å². The Bertz CT molecular complexity index is 580. The maximum Gasteiger partial charge on any atom is 0.324 e. The zero-order valence-corrected chi connectivity index (χ0v) is 9.76. The molecule has 2 amide bonds. The molecule has 0 radical (unpaired) electrons. The van der Waals surface area contributed by atoms with E-state index in [0.717, 1.165) is 18.2 Å². The van der Waals surface area contributed by atoms with E-state index in [0.29, 0.717) is 18.0 Å². The first-order chi connectivity index (χ1) is 8.75. The van der Waals surface area contributed by atoms with Crippen LogP contribution in [0.5, 0.6) is 0 Å². The van der Waals surface area contributed by atoms with Gasteiger partial charge in [-0.2, -0.15) is 5.10 Å². The fraction of sp³-hybridized carbons (Fsp3) is 0.364. The lowest BCUT2D eigenvalue weighted by Gasteiger charge is -2.20. The number of amides is 2. The predicted octanol–water partition coefficient (Wildman–Crippen LogP) is 0.870. The molecule has 2 aromatic rings. The van der Waals surface area contributed by atoms with Gasteiger partial charge in [0.1, 0.15) is 0 Å². The maximum absolute atomic E-state index is 12.0. The Morgan fingerprint density at radius 3 is 3.28 bits per heavy atom. The second-order valence-corrected chi connectivity index (χ2v) is 4.30. The average molecular weight is 246 g/mol. The summed E-state index contributed by atoms with van der Waals surface area (Å²) in [5, 5.41) is 10.4. The summed E-state index contributed by atoms with van der Waals surface area (Å²) >= 11 is 0. The molecule has 2 aromatic heterocycles. The van der Waals surface area contributed by atoms with Gasteiger partial charge in [-0.15, -0.1) is 0 Å². The zero-order chi connectivity index (χ0) is 12.5. The van der Waals surface area contributed by atoms with Crippen molar-refractivity contribution in [3.8, 4) is 0 Å². The van der Waals surface area contributed by atoms with E-state index in [9.17, 15) is 4.79 Å². The molecule has 1 fully saturated rings. The quantitative estimate of drug-likeness (QED) is 0.695. The van der Waals surface area contributed by atoms with Crippen LogP contribution in [0.15, 0.2) is 18.3 Å². The number of hydrogen-bond donors (Lipinski definition) is 3. The van der Waals surface area contributed by atoms with E-state index in [1.54, 1.807) is 17.2 Å². The number of aromatic amines is 1. The third-order valence-corrected chi connectivity index (χ3v) is 3.12. The summed E-state index contributed by atoms with van der Waals surface area (Å²) in [6.07, 6.45) is 3.25. The second-order valence-electron chi connectivity index (χ2n) is 4.30. The number of pyridine rings is 1. The van der Waals surface area contributed by atoms with E-state index < -0.39 is 0 Å². The van der Waals surface area contributed by atoms with E-state index >= 15 is 0 Å². The molecule has 1 aliphatic rings. The highest BCUT2D eigenvalue weighted by atomic mass is 16.2. The number of aromatic nitrogens is 3. The number of H-pyrrole nitrogens is 1. The molecule has 1 saturated heterocycles. The van der Waals surface area contributed by atoms with Crippen LogP contribution >= 0.6 is 0 Å². The summed E-state index contributed by atoms with van der Waals surface area (Å²) in [5.41, 5.74) is 6.50. The van der Waals surface area contributed by atoms with E-state index in [2.05, 4.69) is 20.5 Å². The van der Waals surface area contributed by atoms with Gasteiger partial charge in [0.05, 0.1) is 11.6 Å². The molecule has 1 aliphatic heterocycles. The number of nitrogens with zero attached hydrogens (tertiary/aromatic N) is 3. The van der Waals surface area contributed by atoms with Crippen molar-refractivity contribution in [2.45, 2.75) is 19.0 Å². The first-order valence-corrected chi connectivity index (χ1v) is 5.88. The number of carbonyl (C=O) groups is 1. The Kier molecular flexibility index (Phi) is 2.60. The molecule has 0 aromatic carbocycles. The number of likely N-dealkylation sites (tertiary alicyclic amines) is 1. The van der Waals surface area contributed by atoms with Gasteiger partial charge in [-0.1, -0.05) is 0 Å². The largest absolute Gasteiger partial charge is 0.324 e. The molecule has 3 rings (SSSR count). The molecular weight excluding hydrogens is 232 g/mol. The highest BCUT2D eigenvalue weighted by molar-refractivity contribution is 5.97. The monoisotopic (exact) mass is 246 g/mol. The standard InChI is InChI=1S/C11H14N6O/c12-8-4-2-6-17(8)11(18)14-10-7-3-1-5-13-9(7)15-16-10/h1,3,5,8H,2,4,6,12H2,(H2,13,14,15,16,18). The van der Waals surface area contributed by atoms with Crippen LogP contribution in [0.1, 0.15) is 12.8 Å². The van der Waals surface area contributed by atoms with Crippen molar-refractivity contribution in [3.63, 3.8) is 0 Å². The number of rotatable bonds is 1. The Morgan fingerprint density at radius 2 is 2.50 bits per heavy atom. The lowest BCUT2D eigenvalue weighted by molar-refractivity contribution is 0.208. The number of fused-ring (bicyclic) bond motifs is 1. The van der Waals surface area contributed by atoms with Crippen molar-refractivity contribution < 1.29 is 4.79 Å². The normalized spacial score (nSPS) is 19.4. The molecule has 1 unspecified atom stereocenters. The molecule has 0 aliphatic carbocycles. The molecule has 4 N–H and O–H groups in total. The van der Waals surface area contributed by atoms with Crippen LogP contribution in [0.4, 0.5) is 10.6 Å². The number of carbonyl (C=O) groups excluding carboxylic acids is 1. The van der Waals surface area contributed by atoms with Crippen molar-refractivity contribution >= 4 is 22.9 Å². The van der Waals surface area contributed by atoms with Gasteiger partial charge in [-0.3, -0.25) is 10.4 Å². The van der Waals surface area contributed by atoms with Crippen LogP contribution in [0.25, 0.3) is 11.0 Å². The van der Waals surface area contributed by atoms with Crippen molar-refractivity contribution in [3.05, 3.63) is 18.3 Å². The molecule has 18 heavy (non-hydrogen) atoms. The highest BCUT2D eigenvalue weighted by Crippen LogP contribution is 2.19. The van der Waals surface area contributed by atoms with Gasteiger partial charge in [-0.05, 0) is 25.0 Å². The molecule has 7 heteroatoms. The Hall–Kier alpha value is -2.15. The molecule has 0 bridgehead atoms. The van der Waals surface area contributed by atoms with Crippen LogP contribution in [-0.2, 0) is 0 Å². The predicted molar refractivity (Wildman–Crippen MR) is 66.8 cm³/mol. The summed E-state index contributed by atoms with van der Waals surface area (Å²) in [6, 6.07) is 3.44. The molecule has 94 valence electrons. The van der Waals surface area contributed by atoms with Gasteiger partial charge in [0.25, 0.3) is 0 Å². The molecule has 0 saturated carbocycles. The van der Waals surface area contributed by atoms with E-state index in [4.69, 9.17) is 5.73 Å². The fourth-order valence-electron chi connectivity index (χ4n) is 2.17. The van der Waals surface area contributed by atoms with E-state index in [1.165, 1.54) is 0 Å². The molecular formula is C11H14N6O. The third kappa shape index (κ3) is 1.78. The molecule has 1 atom stereocenters. The van der Waals surface area contributed by atoms with Crippen molar-refractivity contribution in [1.29, 1.82) is 0 Å². The molecule has 0 spiro atoms. The number of anilines is 1. The Labute approximate surface area is 103 Å². The summed E-state index contributed by atoms with van der Waals surface area (Å²) in [6.45, 7) is 0.688. The van der Waals surface area contributed by atoms with E-state index in [1.807, 2.05) is 6.07 Å². The number of urea groups is 1. The summed E-state index contributed by atoms with van der Waals surface area (Å²) in [5.74, 6) is 0.488. The second kappa shape index (κ2) is 4.26. The van der Waals surface area contributed by atoms with Gasteiger partial charge < -0.3 is 10.6 Å². The van der Waals surface area contributed by atoms with Crippen LogP contribution in [0, 0.1) is 0 Å². The average Bonchev–Trinajstić information content (AvgIpc) is 2.97. The topological polar surface area (TPSA) is 99.9 Å². The van der Waals surface area contributed by atoms with Gasteiger partial charge >= 0.3 is 6.03 Å². The minimum absolute atomic E-state index is 0.201. The lowest BCUT2D eigenvalue weighted by Crippen LogP contribution is -2.43. The third-order valence-electron chi connectivity index (χ3n) is 3.12. The Balaban J connectivity index is 1.82. The van der Waals surface area contributed by atoms with Crippen molar-refractivity contribution in [2.24, 2.45) is 5.73 Å². The summed E-state index contributed by atoms with van der Waals surface area (Å²) < 4.78 is 0. The van der Waals surface area contributed by atoms with E-state index in [-0.39, 0.29) is 12.2 Å². The van der Waals surface area contributed by atoms with Gasteiger partial charge in [0.2, 0.25) is 0 Å². The minimum Gasteiger partial charge on any atom is -0.311 e. The van der Waals surface area contributed by atoms with Gasteiger partial charge in [0.15, 0.2) is 11.5 Å². The first kappa shape index (κ1) is 11.0. The number of hydrogen-bond acceptors (Lipinski definition) is 4. The fourth-order valence-corrected chi connectivity index (χ4v) is 2.17. The van der Waals surface area contributed by atoms with Crippen LogP contribution in [0.3, 0.4) is 0 Å². The SMILES string of the molecule is NC1CCCN1C(=O)Nc1n[nH]c2ncccc12. The summed E-state index contributed by atoms with van der Waals surface area (Å²) in [4.78, 5) is 17.8. The smallest absolute Gasteiger partial charge is 0.311 e. The zero-order valence-electron chi connectivity index (χ0n) is 9.76. The Morgan fingerprint density at radius 1 is 1.61 bits per heavy atom. The van der Waals surface area contributed by atoms with Crippen LogP contribution < -0.4 is 11.1 Å². The molecule has 3 heterocycles. The van der Waals surface area contributed by atoms with Gasteiger partial charge in [-0.25, -0.2) is 9.78 Å². The lowest BCUT2D eigenvalue weighted by atomic mass is 10.3. The van der Waals surface area contributed by atoms with Crippen molar-refractivity contribution in [1.82, 2.24) is 20.1 Å².